The summed E-state index contributed by atoms with van der Waals surface area (Å²) in [6.07, 6.45) is 2.35. The van der Waals surface area contributed by atoms with Crippen LogP contribution < -0.4 is 10.6 Å². The molecule has 0 spiro atoms. The number of rotatable bonds is 6. The second-order valence-corrected chi connectivity index (χ2v) is 5.92. The van der Waals surface area contributed by atoms with Gasteiger partial charge in [0.2, 0.25) is 5.95 Å². The summed E-state index contributed by atoms with van der Waals surface area (Å²) in [5, 5.41) is 16.0. The Kier molecular flexibility index (Phi) is 4.45. The average Bonchev–Trinajstić information content (AvgIpc) is 3.33. The topological polar surface area (TPSA) is 70.1 Å². The van der Waals surface area contributed by atoms with E-state index in [-0.39, 0.29) is 6.61 Å². The van der Waals surface area contributed by atoms with Crippen LogP contribution in [0.5, 0.6) is 0 Å². The second-order valence-electron chi connectivity index (χ2n) is 5.52. The Morgan fingerprint density at radius 1 is 1.27 bits per heavy atom. The van der Waals surface area contributed by atoms with Crippen molar-refractivity contribution in [2.24, 2.45) is 0 Å². The number of benzene rings is 1. The zero-order chi connectivity index (χ0) is 15.5. The Balaban J connectivity index is 1.84. The van der Waals surface area contributed by atoms with Crippen molar-refractivity contribution >= 4 is 29.1 Å². The molecule has 0 bridgehead atoms. The number of nitrogens with zero attached hydrogens (tertiary/aromatic N) is 2. The number of hydrogen-bond donors (Lipinski definition) is 3. The molecule has 1 fully saturated rings. The average molecular weight is 319 g/mol. The zero-order valence-electron chi connectivity index (χ0n) is 12.4. The summed E-state index contributed by atoms with van der Waals surface area (Å²) in [6.45, 7) is 2.45. The molecule has 0 atom stereocenters. The molecule has 6 heteroatoms. The molecule has 0 unspecified atom stereocenters. The van der Waals surface area contributed by atoms with Crippen LogP contribution in [0.15, 0.2) is 24.3 Å². The van der Waals surface area contributed by atoms with Crippen molar-refractivity contribution in [3.05, 3.63) is 40.5 Å². The Morgan fingerprint density at radius 3 is 2.77 bits per heavy atom. The quantitative estimate of drug-likeness (QED) is 0.761. The lowest BCUT2D eigenvalue weighted by Crippen LogP contribution is -2.10. The predicted octanol–water partition coefficient (Wildman–Crippen LogP) is 3.46. The molecule has 0 amide bonds. The van der Waals surface area contributed by atoms with E-state index >= 15 is 0 Å². The fourth-order valence-electron chi connectivity index (χ4n) is 2.18. The molecule has 1 heterocycles. The van der Waals surface area contributed by atoms with Crippen LogP contribution in [0.1, 0.15) is 30.0 Å². The fraction of sp³-hybridized carbons (Fsp3) is 0.375. The summed E-state index contributed by atoms with van der Waals surface area (Å²) in [4.78, 5) is 8.95. The van der Waals surface area contributed by atoms with Crippen LogP contribution in [0.4, 0.5) is 17.5 Å². The molecule has 1 aliphatic rings. The lowest BCUT2D eigenvalue weighted by Gasteiger charge is -2.11. The van der Waals surface area contributed by atoms with E-state index < -0.39 is 0 Å². The largest absolute Gasteiger partial charge is 0.395 e. The van der Waals surface area contributed by atoms with Gasteiger partial charge < -0.3 is 15.7 Å². The highest BCUT2D eigenvalue weighted by atomic mass is 35.5. The van der Waals surface area contributed by atoms with Crippen molar-refractivity contribution < 1.29 is 5.11 Å². The summed E-state index contributed by atoms with van der Waals surface area (Å²) < 4.78 is 0. The van der Waals surface area contributed by atoms with Gasteiger partial charge in [-0.25, -0.2) is 4.98 Å². The molecule has 0 aliphatic heterocycles. The highest BCUT2D eigenvalue weighted by molar-refractivity contribution is 6.31. The molecule has 1 aromatic carbocycles. The summed E-state index contributed by atoms with van der Waals surface area (Å²) in [5.74, 6) is 1.80. The van der Waals surface area contributed by atoms with Crippen molar-refractivity contribution in [2.75, 3.05) is 23.8 Å². The highest BCUT2D eigenvalue weighted by Gasteiger charge is 2.26. The van der Waals surface area contributed by atoms with Crippen molar-refractivity contribution in [3.8, 4) is 0 Å². The van der Waals surface area contributed by atoms with Crippen molar-refractivity contribution in [1.82, 2.24) is 9.97 Å². The number of aryl methyl sites for hydroxylation is 1. The first kappa shape index (κ1) is 15.1. The highest BCUT2D eigenvalue weighted by Crippen LogP contribution is 2.40. The molecule has 3 N–H and O–H groups in total. The SMILES string of the molecule is Cc1ccc(Nc2cc(C3CC3)nc(NCCO)n2)cc1Cl. The van der Waals surface area contributed by atoms with E-state index in [1.54, 1.807) is 0 Å². The predicted molar refractivity (Wildman–Crippen MR) is 89.1 cm³/mol. The molecule has 1 aliphatic carbocycles. The maximum Gasteiger partial charge on any atom is 0.224 e. The lowest BCUT2D eigenvalue weighted by molar-refractivity contribution is 0.311. The molecule has 3 rings (SSSR count). The van der Waals surface area contributed by atoms with Gasteiger partial charge in [0.25, 0.3) is 0 Å². The van der Waals surface area contributed by atoms with Crippen molar-refractivity contribution in [2.45, 2.75) is 25.7 Å². The number of aliphatic hydroxyl groups excluding tert-OH is 1. The summed E-state index contributed by atoms with van der Waals surface area (Å²) >= 11 is 6.16. The van der Waals surface area contributed by atoms with Crippen LogP contribution in [0.2, 0.25) is 5.02 Å². The minimum absolute atomic E-state index is 0.0490. The van der Waals surface area contributed by atoms with Crippen LogP contribution in [-0.2, 0) is 0 Å². The molecule has 2 aromatic rings. The first-order valence-corrected chi connectivity index (χ1v) is 7.80. The monoisotopic (exact) mass is 318 g/mol. The molecule has 1 saturated carbocycles. The van der Waals surface area contributed by atoms with E-state index in [0.29, 0.717) is 18.4 Å². The van der Waals surface area contributed by atoms with Gasteiger partial charge in [0.15, 0.2) is 0 Å². The third-order valence-corrected chi connectivity index (χ3v) is 3.99. The molecule has 22 heavy (non-hydrogen) atoms. The van der Waals surface area contributed by atoms with Crippen LogP contribution in [0, 0.1) is 6.92 Å². The molecular weight excluding hydrogens is 300 g/mol. The number of anilines is 3. The maximum atomic E-state index is 8.93. The first-order chi connectivity index (χ1) is 10.7. The number of aromatic nitrogens is 2. The third kappa shape index (κ3) is 3.67. The molecule has 0 saturated heterocycles. The van der Waals surface area contributed by atoms with E-state index in [0.717, 1.165) is 27.8 Å². The fourth-order valence-corrected chi connectivity index (χ4v) is 2.36. The summed E-state index contributed by atoms with van der Waals surface area (Å²) in [7, 11) is 0. The number of hydrogen-bond acceptors (Lipinski definition) is 5. The van der Waals surface area contributed by atoms with E-state index in [4.69, 9.17) is 16.7 Å². The van der Waals surface area contributed by atoms with Crippen LogP contribution >= 0.6 is 11.6 Å². The standard InChI is InChI=1S/C16H19ClN4O/c1-10-2-5-12(8-13(10)17)19-15-9-14(11-3-4-11)20-16(21-15)18-6-7-22/h2,5,8-9,11,22H,3-4,6-7H2,1H3,(H2,18,19,20,21). The summed E-state index contributed by atoms with van der Waals surface area (Å²) in [5.41, 5.74) is 2.97. The van der Waals surface area contributed by atoms with Crippen LogP contribution in [0.3, 0.4) is 0 Å². The molecule has 116 valence electrons. The minimum atomic E-state index is 0.0490. The van der Waals surface area contributed by atoms with Gasteiger partial charge in [-0.3, -0.25) is 0 Å². The van der Waals surface area contributed by atoms with Gasteiger partial charge >= 0.3 is 0 Å². The van der Waals surface area contributed by atoms with E-state index in [1.165, 1.54) is 12.8 Å². The van der Waals surface area contributed by atoms with Gasteiger partial charge in [0.05, 0.1) is 12.3 Å². The Morgan fingerprint density at radius 2 is 2.09 bits per heavy atom. The van der Waals surface area contributed by atoms with E-state index in [2.05, 4.69) is 20.6 Å². The zero-order valence-corrected chi connectivity index (χ0v) is 13.2. The normalized spacial score (nSPS) is 14.0. The number of halogens is 1. The maximum absolute atomic E-state index is 8.93. The Labute approximate surface area is 134 Å². The molecule has 1 aromatic heterocycles. The van der Waals surface area contributed by atoms with Gasteiger partial charge in [-0.1, -0.05) is 17.7 Å². The number of nitrogens with one attached hydrogen (secondary N) is 2. The molecular formula is C16H19ClN4O. The van der Waals surface area contributed by atoms with Crippen molar-refractivity contribution in [3.63, 3.8) is 0 Å². The summed E-state index contributed by atoms with van der Waals surface area (Å²) in [6, 6.07) is 7.81. The minimum Gasteiger partial charge on any atom is -0.395 e. The second kappa shape index (κ2) is 6.50. The van der Waals surface area contributed by atoms with Gasteiger partial charge in [-0.15, -0.1) is 0 Å². The van der Waals surface area contributed by atoms with E-state index in [9.17, 15) is 0 Å². The molecule has 0 radical (unpaired) electrons. The van der Waals surface area contributed by atoms with Crippen LogP contribution in [-0.4, -0.2) is 28.2 Å². The molecule has 5 nitrogen and oxygen atoms in total. The van der Waals surface area contributed by atoms with Gasteiger partial charge in [-0.05, 0) is 37.5 Å². The van der Waals surface area contributed by atoms with Crippen molar-refractivity contribution in [1.29, 1.82) is 0 Å². The van der Waals surface area contributed by atoms with Gasteiger partial charge in [-0.2, -0.15) is 4.98 Å². The van der Waals surface area contributed by atoms with Gasteiger partial charge in [0, 0.05) is 29.2 Å². The Hall–Kier alpha value is -1.85. The lowest BCUT2D eigenvalue weighted by atomic mass is 10.2. The number of aliphatic hydroxyl groups is 1. The first-order valence-electron chi connectivity index (χ1n) is 7.42. The smallest absolute Gasteiger partial charge is 0.224 e. The van der Waals surface area contributed by atoms with Gasteiger partial charge in [0.1, 0.15) is 5.82 Å². The van der Waals surface area contributed by atoms with Crippen LogP contribution in [0.25, 0.3) is 0 Å². The third-order valence-electron chi connectivity index (χ3n) is 3.58. The van der Waals surface area contributed by atoms with E-state index in [1.807, 2.05) is 31.2 Å². The Bertz CT molecular complexity index is 673.